The minimum absolute atomic E-state index is 0.00185. The fourth-order valence-corrected chi connectivity index (χ4v) is 3.02. The first-order valence-electron chi connectivity index (χ1n) is 7.43. The summed E-state index contributed by atoms with van der Waals surface area (Å²) in [6.07, 6.45) is 0.699. The third-order valence-corrected chi connectivity index (χ3v) is 4.07. The van der Waals surface area contributed by atoms with Crippen LogP contribution in [-0.4, -0.2) is 28.3 Å². The van der Waals surface area contributed by atoms with Crippen LogP contribution in [0.15, 0.2) is 30.3 Å². The molecule has 24 heavy (non-hydrogen) atoms. The predicted molar refractivity (Wildman–Crippen MR) is 91.0 cm³/mol. The molecule has 2 amide bonds. The van der Waals surface area contributed by atoms with E-state index in [0.29, 0.717) is 18.8 Å². The van der Waals surface area contributed by atoms with Crippen LogP contribution in [0, 0.1) is 0 Å². The van der Waals surface area contributed by atoms with Crippen molar-refractivity contribution in [1.29, 1.82) is 0 Å². The maximum Gasteiger partial charge on any atom is 0.267 e. The summed E-state index contributed by atoms with van der Waals surface area (Å²) in [6, 6.07) is 9.08. The van der Waals surface area contributed by atoms with Crippen molar-refractivity contribution in [3.05, 3.63) is 46.9 Å². The number of rotatable bonds is 3. The Hall–Kier alpha value is -2.67. The largest absolute Gasteiger partial charge is 0.364 e. The van der Waals surface area contributed by atoms with Crippen LogP contribution < -0.4 is 16.0 Å². The molecule has 0 aliphatic carbocycles. The molecule has 0 fully saturated rings. The third-order valence-electron chi connectivity index (χ3n) is 3.90. The van der Waals surface area contributed by atoms with Gasteiger partial charge in [-0.15, -0.1) is 0 Å². The molecular formula is C16H16ClN5O2. The molecule has 3 N–H and O–H groups in total. The van der Waals surface area contributed by atoms with Gasteiger partial charge >= 0.3 is 0 Å². The number of aromatic nitrogens is 2. The van der Waals surface area contributed by atoms with Crippen LogP contribution in [-0.2, 0) is 4.79 Å². The van der Waals surface area contributed by atoms with Gasteiger partial charge in [-0.25, -0.2) is 9.97 Å². The molecule has 8 heteroatoms. The molecule has 124 valence electrons. The van der Waals surface area contributed by atoms with E-state index in [2.05, 4.69) is 15.3 Å². The number of carbonyl (C=O) groups excluding carboxylic acids is 2. The maximum atomic E-state index is 11.8. The van der Waals surface area contributed by atoms with Gasteiger partial charge in [0, 0.05) is 25.2 Å². The van der Waals surface area contributed by atoms with E-state index in [9.17, 15) is 9.59 Å². The number of primary amides is 1. The number of nitrogens with zero attached hydrogens (tertiary/aromatic N) is 3. The van der Waals surface area contributed by atoms with Crippen LogP contribution in [0.3, 0.4) is 0 Å². The molecule has 0 spiro atoms. The number of nitrogens with one attached hydrogen (secondary N) is 1. The van der Waals surface area contributed by atoms with E-state index in [1.165, 1.54) is 6.07 Å². The summed E-state index contributed by atoms with van der Waals surface area (Å²) >= 11 is 5.85. The Morgan fingerprint density at radius 2 is 2.08 bits per heavy atom. The van der Waals surface area contributed by atoms with Gasteiger partial charge in [-0.05, 0) is 29.7 Å². The predicted octanol–water partition coefficient (Wildman–Crippen LogP) is 2.14. The lowest BCUT2D eigenvalue weighted by Crippen LogP contribution is -2.36. The lowest BCUT2D eigenvalue weighted by Gasteiger charge is -2.34. The minimum atomic E-state index is -0.672. The minimum Gasteiger partial charge on any atom is -0.364 e. The number of anilines is 2. The first-order chi connectivity index (χ1) is 11.5. The van der Waals surface area contributed by atoms with Gasteiger partial charge < -0.3 is 16.0 Å². The van der Waals surface area contributed by atoms with Gasteiger partial charge in [-0.3, -0.25) is 9.59 Å². The van der Waals surface area contributed by atoms with Crippen LogP contribution in [0.4, 0.5) is 11.5 Å². The van der Waals surface area contributed by atoms with Crippen molar-refractivity contribution in [2.75, 3.05) is 16.8 Å². The van der Waals surface area contributed by atoms with Crippen molar-refractivity contribution in [3.63, 3.8) is 0 Å². The fraction of sp³-hybridized carbons (Fsp3) is 0.250. The molecule has 1 aromatic carbocycles. The number of fused-ring (bicyclic) bond motifs is 1. The van der Waals surface area contributed by atoms with Crippen molar-refractivity contribution in [1.82, 2.24) is 9.97 Å². The zero-order chi connectivity index (χ0) is 17.3. The van der Waals surface area contributed by atoms with Crippen LogP contribution >= 0.6 is 11.6 Å². The standard InChI is InChI=1S/C16H16ClN5O2/c1-9(23)22-7-6-11(10-4-2-3-5-13(10)22)19-14-8-12(15(18)24)20-16(17)21-14/h2-5,8,11H,6-7H2,1H3,(H2,18,24)(H,19,20,21). The lowest BCUT2D eigenvalue weighted by atomic mass is 9.96. The van der Waals surface area contributed by atoms with Gasteiger partial charge in [0.1, 0.15) is 11.5 Å². The molecule has 1 aliphatic heterocycles. The second-order valence-electron chi connectivity index (χ2n) is 5.49. The van der Waals surface area contributed by atoms with Crippen LogP contribution in [0.2, 0.25) is 5.28 Å². The van der Waals surface area contributed by atoms with Gasteiger partial charge in [-0.2, -0.15) is 0 Å². The van der Waals surface area contributed by atoms with Gasteiger partial charge in [0.05, 0.1) is 6.04 Å². The number of para-hydroxylation sites is 1. The van der Waals surface area contributed by atoms with Crippen LogP contribution in [0.1, 0.15) is 35.4 Å². The Kier molecular flexibility index (Phi) is 4.35. The van der Waals surface area contributed by atoms with Gasteiger partial charge in [0.2, 0.25) is 11.2 Å². The van der Waals surface area contributed by atoms with Gasteiger partial charge in [-0.1, -0.05) is 18.2 Å². The zero-order valence-corrected chi connectivity index (χ0v) is 13.7. The molecule has 7 nitrogen and oxygen atoms in total. The van der Waals surface area contributed by atoms with Crippen molar-refractivity contribution < 1.29 is 9.59 Å². The molecule has 0 saturated heterocycles. The molecule has 0 saturated carbocycles. The van der Waals surface area contributed by atoms with E-state index in [1.807, 2.05) is 24.3 Å². The Balaban J connectivity index is 1.93. The number of benzene rings is 1. The number of hydrogen-bond donors (Lipinski definition) is 2. The molecule has 2 aromatic rings. The second kappa shape index (κ2) is 6.45. The van der Waals surface area contributed by atoms with Crippen molar-refractivity contribution in [3.8, 4) is 0 Å². The number of amides is 2. The highest BCUT2D eigenvalue weighted by atomic mass is 35.5. The summed E-state index contributed by atoms with van der Waals surface area (Å²) in [7, 11) is 0. The van der Waals surface area contributed by atoms with Gasteiger partial charge in [0.15, 0.2) is 0 Å². The molecule has 0 radical (unpaired) electrons. The molecular weight excluding hydrogens is 330 g/mol. The van der Waals surface area contributed by atoms with Crippen LogP contribution in [0.25, 0.3) is 0 Å². The first-order valence-corrected chi connectivity index (χ1v) is 7.81. The SMILES string of the molecule is CC(=O)N1CCC(Nc2cc(C(N)=O)nc(Cl)n2)c2ccccc21. The molecule has 1 aromatic heterocycles. The molecule has 3 rings (SSSR count). The van der Waals surface area contributed by atoms with E-state index in [0.717, 1.165) is 11.3 Å². The highest BCUT2D eigenvalue weighted by Crippen LogP contribution is 2.35. The summed E-state index contributed by atoms with van der Waals surface area (Å²) in [6.45, 7) is 2.14. The highest BCUT2D eigenvalue weighted by Gasteiger charge is 2.27. The summed E-state index contributed by atoms with van der Waals surface area (Å²) in [4.78, 5) is 32.8. The summed E-state index contributed by atoms with van der Waals surface area (Å²) < 4.78 is 0. The first kappa shape index (κ1) is 16.2. The Bertz CT molecular complexity index is 811. The quantitative estimate of drug-likeness (QED) is 0.830. The average Bonchev–Trinajstić information content (AvgIpc) is 2.54. The van der Waals surface area contributed by atoms with Crippen LogP contribution in [0.5, 0.6) is 0 Å². The number of carbonyl (C=O) groups is 2. The second-order valence-corrected chi connectivity index (χ2v) is 5.82. The molecule has 1 aliphatic rings. The molecule has 1 unspecified atom stereocenters. The summed E-state index contributed by atoms with van der Waals surface area (Å²) in [5.41, 5.74) is 7.15. The average molecular weight is 346 g/mol. The third kappa shape index (κ3) is 3.16. The van der Waals surface area contributed by atoms with E-state index < -0.39 is 5.91 Å². The smallest absolute Gasteiger partial charge is 0.267 e. The Labute approximate surface area is 143 Å². The van der Waals surface area contributed by atoms with E-state index in [1.54, 1.807) is 11.8 Å². The van der Waals surface area contributed by atoms with Gasteiger partial charge in [0.25, 0.3) is 5.91 Å². The molecule has 1 atom stereocenters. The molecule has 2 heterocycles. The Morgan fingerprint density at radius 1 is 1.33 bits per heavy atom. The van der Waals surface area contributed by atoms with Crippen molar-refractivity contribution in [2.24, 2.45) is 5.73 Å². The summed E-state index contributed by atoms with van der Waals surface area (Å²) in [5, 5.41) is 3.20. The number of halogens is 1. The van der Waals surface area contributed by atoms with E-state index in [-0.39, 0.29) is 22.9 Å². The van der Waals surface area contributed by atoms with E-state index in [4.69, 9.17) is 17.3 Å². The highest BCUT2D eigenvalue weighted by molar-refractivity contribution is 6.28. The monoisotopic (exact) mass is 345 g/mol. The molecule has 0 bridgehead atoms. The maximum absolute atomic E-state index is 11.8. The normalized spacial score (nSPS) is 16.4. The van der Waals surface area contributed by atoms with Crippen molar-refractivity contribution >= 4 is 34.9 Å². The topological polar surface area (TPSA) is 101 Å². The van der Waals surface area contributed by atoms with E-state index >= 15 is 0 Å². The Morgan fingerprint density at radius 3 is 2.79 bits per heavy atom. The summed E-state index contributed by atoms with van der Waals surface area (Å²) in [5.74, 6) is -0.254. The fourth-order valence-electron chi connectivity index (χ4n) is 2.84. The zero-order valence-electron chi connectivity index (χ0n) is 13.0. The number of hydrogen-bond acceptors (Lipinski definition) is 5. The lowest BCUT2D eigenvalue weighted by molar-refractivity contribution is -0.116. The van der Waals surface area contributed by atoms with Crippen molar-refractivity contribution in [2.45, 2.75) is 19.4 Å². The number of nitrogens with two attached hydrogens (primary N) is 1.